The molecule has 0 atom stereocenters. The molecule has 0 unspecified atom stereocenters. The van der Waals surface area contributed by atoms with E-state index in [0.29, 0.717) is 12.2 Å². The van der Waals surface area contributed by atoms with Crippen LogP contribution in [0.15, 0.2) is 42.5 Å². The van der Waals surface area contributed by atoms with Gasteiger partial charge in [0.2, 0.25) is 0 Å². The van der Waals surface area contributed by atoms with Crippen LogP contribution in [0.5, 0.6) is 11.5 Å². The monoisotopic (exact) mass is 272 g/mol. The van der Waals surface area contributed by atoms with Crippen molar-refractivity contribution in [2.75, 3.05) is 14.2 Å². The first-order valence-corrected chi connectivity index (χ1v) is 6.17. The summed E-state index contributed by atoms with van der Waals surface area (Å²) in [7, 11) is 3.09. The molecule has 0 radical (unpaired) electrons. The minimum Gasteiger partial charge on any atom is -0.497 e. The fourth-order valence-corrected chi connectivity index (χ4v) is 2.01. The molecule has 0 bridgehead atoms. The average Bonchev–Trinajstić information content (AvgIpc) is 2.48. The van der Waals surface area contributed by atoms with Crippen molar-refractivity contribution in [1.82, 2.24) is 0 Å². The molecule has 4 nitrogen and oxygen atoms in total. The summed E-state index contributed by atoms with van der Waals surface area (Å²) in [6.45, 7) is 0. The molecule has 0 aliphatic carbocycles. The van der Waals surface area contributed by atoms with E-state index >= 15 is 0 Å². The summed E-state index contributed by atoms with van der Waals surface area (Å²) in [5, 5.41) is 9.16. The van der Waals surface area contributed by atoms with E-state index in [1.165, 1.54) is 7.11 Å². The number of carbonyl (C=O) groups is 1. The molecule has 0 amide bonds. The standard InChI is InChI=1S/C16H16O4/c1-19-13-6-3-11(4-7-13)9-12-5-8-15(20-2)14(10-12)16(17)18/h3-8,10H,9H2,1-2H3,(H,17,18). The number of aromatic carboxylic acids is 1. The number of hydrogen-bond acceptors (Lipinski definition) is 3. The number of hydrogen-bond donors (Lipinski definition) is 1. The zero-order valence-electron chi connectivity index (χ0n) is 11.4. The number of ether oxygens (including phenoxy) is 2. The van der Waals surface area contributed by atoms with Crippen LogP contribution in [0.4, 0.5) is 0 Å². The van der Waals surface area contributed by atoms with Crippen LogP contribution < -0.4 is 9.47 Å². The van der Waals surface area contributed by atoms with Crippen LogP contribution in [0.25, 0.3) is 0 Å². The molecule has 2 aromatic carbocycles. The van der Waals surface area contributed by atoms with Crippen molar-refractivity contribution in [2.45, 2.75) is 6.42 Å². The van der Waals surface area contributed by atoms with Gasteiger partial charge >= 0.3 is 5.97 Å². The number of carboxylic acids is 1. The van der Waals surface area contributed by atoms with Gasteiger partial charge in [-0.3, -0.25) is 0 Å². The Bertz CT molecular complexity index is 602. The summed E-state index contributed by atoms with van der Waals surface area (Å²) in [6, 6.07) is 12.9. The molecule has 4 heteroatoms. The lowest BCUT2D eigenvalue weighted by Gasteiger charge is -2.08. The van der Waals surface area contributed by atoms with Gasteiger partial charge in [-0.25, -0.2) is 4.79 Å². The molecular formula is C16H16O4. The maximum absolute atomic E-state index is 11.2. The van der Waals surface area contributed by atoms with E-state index in [1.54, 1.807) is 19.2 Å². The molecule has 2 aromatic rings. The summed E-state index contributed by atoms with van der Waals surface area (Å²) >= 11 is 0. The third kappa shape index (κ3) is 3.09. The van der Waals surface area contributed by atoms with Gasteiger partial charge in [-0.15, -0.1) is 0 Å². The zero-order chi connectivity index (χ0) is 14.5. The van der Waals surface area contributed by atoms with Gasteiger partial charge in [0.05, 0.1) is 14.2 Å². The largest absolute Gasteiger partial charge is 0.497 e. The summed E-state index contributed by atoms with van der Waals surface area (Å²) < 4.78 is 10.2. The zero-order valence-corrected chi connectivity index (χ0v) is 11.4. The Balaban J connectivity index is 2.24. The molecule has 0 saturated heterocycles. The number of carboxylic acid groups (broad SMARTS) is 1. The van der Waals surface area contributed by atoms with Crippen LogP contribution >= 0.6 is 0 Å². The Morgan fingerprint density at radius 1 is 1.00 bits per heavy atom. The van der Waals surface area contributed by atoms with Gasteiger partial charge in [-0.2, -0.15) is 0 Å². The minimum absolute atomic E-state index is 0.179. The Morgan fingerprint density at radius 3 is 2.20 bits per heavy atom. The Kier molecular flexibility index (Phi) is 4.25. The molecule has 1 N–H and O–H groups in total. The summed E-state index contributed by atoms with van der Waals surface area (Å²) in [5.41, 5.74) is 2.19. The van der Waals surface area contributed by atoms with E-state index in [4.69, 9.17) is 14.6 Å². The third-order valence-electron chi connectivity index (χ3n) is 3.06. The van der Waals surface area contributed by atoms with Crippen molar-refractivity contribution in [3.05, 3.63) is 59.2 Å². The molecule has 0 spiro atoms. The van der Waals surface area contributed by atoms with Crippen molar-refractivity contribution in [3.8, 4) is 11.5 Å². The molecule has 0 aromatic heterocycles. The second-order valence-corrected chi connectivity index (χ2v) is 4.36. The lowest BCUT2D eigenvalue weighted by atomic mass is 10.0. The first kappa shape index (κ1) is 13.9. The van der Waals surface area contributed by atoms with E-state index in [0.717, 1.165) is 16.9 Å². The van der Waals surface area contributed by atoms with E-state index < -0.39 is 5.97 Å². The highest BCUT2D eigenvalue weighted by molar-refractivity contribution is 5.91. The predicted molar refractivity (Wildman–Crippen MR) is 75.8 cm³/mol. The summed E-state index contributed by atoms with van der Waals surface area (Å²) in [4.78, 5) is 11.2. The smallest absolute Gasteiger partial charge is 0.339 e. The Hall–Kier alpha value is -2.49. The Labute approximate surface area is 117 Å². The van der Waals surface area contributed by atoms with E-state index in [1.807, 2.05) is 30.3 Å². The fourth-order valence-electron chi connectivity index (χ4n) is 2.01. The van der Waals surface area contributed by atoms with Crippen LogP contribution in [-0.2, 0) is 6.42 Å². The normalized spacial score (nSPS) is 10.1. The van der Waals surface area contributed by atoms with Crippen LogP contribution in [-0.4, -0.2) is 25.3 Å². The maximum Gasteiger partial charge on any atom is 0.339 e. The molecule has 0 aliphatic heterocycles. The molecule has 20 heavy (non-hydrogen) atoms. The van der Waals surface area contributed by atoms with Gasteiger partial charge < -0.3 is 14.6 Å². The highest BCUT2D eigenvalue weighted by Crippen LogP contribution is 2.22. The first-order chi connectivity index (χ1) is 9.63. The molecule has 2 rings (SSSR count). The summed E-state index contributed by atoms with van der Waals surface area (Å²) in [5.74, 6) is 0.184. The quantitative estimate of drug-likeness (QED) is 0.909. The lowest BCUT2D eigenvalue weighted by molar-refractivity contribution is 0.0693. The lowest BCUT2D eigenvalue weighted by Crippen LogP contribution is -2.02. The van der Waals surface area contributed by atoms with Crippen molar-refractivity contribution in [2.24, 2.45) is 0 Å². The maximum atomic E-state index is 11.2. The third-order valence-corrected chi connectivity index (χ3v) is 3.06. The van der Waals surface area contributed by atoms with Crippen molar-refractivity contribution in [1.29, 1.82) is 0 Å². The topological polar surface area (TPSA) is 55.8 Å². The van der Waals surface area contributed by atoms with Crippen molar-refractivity contribution < 1.29 is 19.4 Å². The van der Waals surface area contributed by atoms with Gasteiger partial charge in [-0.1, -0.05) is 18.2 Å². The fraction of sp³-hybridized carbons (Fsp3) is 0.188. The minimum atomic E-state index is -0.988. The van der Waals surface area contributed by atoms with Crippen LogP contribution in [0.2, 0.25) is 0 Å². The highest BCUT2D eigenvalue weighted by atomic mass is 16.5. The molecule has 0 aliphatic rings. The van der Waals surface area contributed by atoms with Gasteiger partial charge in [0, 0.05) is 0 Å². The van der Waals surface area contributed by atoms with Gasteiger partial charge in [-0.05, 0) is 41.8 Å². The van der Waals surface area contributed by atoms with Gasteiger partial charge in [0.1, 0.15) is 17.1 Å². The van der Waals surface area contributed by atoms with Crippen LogP contribution in [0.1, 0.15) is 21.5 Å². The highest BCUT2D eigenvalue weighted by Gasteiger charge is 2.11. The molecule has 104 valence electrons. The van der Waals surface area contributed by atoms with E-state index in [-0.39, 0.29) is 5.56 Å². The Morgan fingerprint density at radius 2 is 1.65 bits per heavy atom. The van der Waals surface area contributed by atoms with Crippen LogP contribution in [0, 0.1) is 0 Å². The van der Waals surface area contributed by atoms with E-state index in [2.05, 4.69) is 0 Å². The second kappa shape index (κ2) is 6.10. The summed E-state index contributed by atoms with van der Waals surface area (Å²) in [6.07, 6.45) is 0.661. The average molecular weight is 272 g/mol. The van der Waals surface area contributed by atoms with E-state index in [9.17, 15) is 4.79 Å². The predicted octanol–water partition coefficient (Wildman–Crippen LogP) is 2.99. The second-order valence-electron chi connectivity index (χ2n) is 4.36. The number of rotatable bonds is 5. The first-order valence-electron chi connectivity index (χ1n) is 6.17. The number of benzene rings is 2. The van der Waals surface area contributed by atoms with Crippen molar-refractivity contribution >= 4 is 5.97 Å². The van der Waals surface area contributed by atoms with Crippen molar-refractivity contribution in [3.63, 3.8) is 0 Å². The van der Waals surface area contributed by atoms with Gasteiger partial charge in [0.15, 0.2) is 0 Å². The molecule has 0 fully saturated rings. The SMILES string of the molecule is COc1ccc(Cc2ccc(OC)c(C(=O)O)c2)cc1. The molecule has 0 saturated carbocycles. The van der Waals surface area contributed by atoms with Crippen LogP contribution in [0.3, 0.4) is 0 Å². The molecular weight excluding hydrogens is 256 g/mol. The molecule has 0 heterocycles. The van der Waals surface area contributed by atoms with Gasteiger partial charge in [0.25, 0.3) is 0 Å². The number of methoxy groups -OCH3 is 2.